The Morgan fingerprint density at radius 3 is 2.62 bits per heavy atom. The van der Waals surface area contributed by atoms with Gasteiger partial charge in [-0.25, -0.2) is 9.78 Å². The van der Waals surface area contributed by atoms with Gasteiger partial charge in [0.2, 0.25) is 0 Å². The third-order valence-electron chi connectivity index (χ3n) is 5.43. The number of carbonyl (C=O) groups is 1. The van der Waals surface area contributed by atoms with Crippen molar-refractivity contribution in [3.63, 3.8) is 0 Å². The smallest absolute Gasteiger partial charge is 0.446 e. The molecule has 3 aromatic rings. The van der Waals surface area contributed by atoms with E-state index in [0.717, 1.165) is 41.5 Å². The summed E-state index contributed by atoms with van der Waals surface area (Å²) in [5, 5.41) is 3.65. The van der Waals surface area contributed by atoms with Crippen LogP contribution < -0.4 is 10.1 Å². The maximum Gasteiger partial charge on any atom is 0.573 e. The molecule has 0 spiro atoms. The summed E-state index contributed by atoms with van der Waals surface area (Å²) in [6.45, 7) is 3.77. The number of halogens is 3. The predicted octanol–water partition coefficient (Wildman–Crippen LogP) is 5.90. The van der Waals surface area contributed by atoms with Gasteiger partial charge in [0.05, 0.1) is 0 Å². The fraction of sp³-hybridized carbons (Fsp3) is 0.391. The molecule has 6 nitrogen and oxygen atoms in total. The van der Waals surface area contributed by atoms with Crippen LogP contribution in [0.15, 0.2) is 42.6 Å². The van der Waals surface area contributed by atoms with Crippen molar-refractivity contribution in [2.45, 2.75) is 57.5 Å². The van der Waals surface area contributed by atoms with Gasteiger partial charge in [0.1, 0.15) is 17.5 Å². The number of nitrogens with one attached hydrogen (secondary N) is 2. The summed E-state index contributed by atoms with van der Waals surface area (Å²) in [5.41, 5.74) is 3.25. The average Bonchev–Trinajstić information content (AvgIpc) is 3.32. The normalized spacial score (nSPS) is 18.8. The highest BCUT2D eigenvalue weighted by Gasteiger charge is 2.31. The Morgan fingerprint density at radius 1 is 1.19 bits per heavy atom. The topological polar surface area (TPSA) is 76.2 Å². The van der Waals surface area contributed by atoms with Crippen LogP contribution in [-0.2, 0) is 4.74 Å². The summed E-state index contributed by atoms with van der Waals surface area (Å²) in [6, 6.07) is 9.70. The van der Waals surface area contributed by atoms with Crippen molar-refractivity contribution < 1.29 is 27.4 Å². The average molecular weight is 447 g/mol. The zero-order valence-electron chi connectivity index (χ0n) is 17.7. The molecule has 0 unspecified atom stereocenters. The van der Waals surface area contributed by atoms with Crippen molar-refractivity contribution >= 4 is 17.1 Å². The van der Waals surface area contributed by atoms with Crippen molar-refractivity contribution in [3.8, 4) is 17.0 Å². The number of alkyl carbamates (subject to hydrolysis) is 1. The molecular formula is C23H24F3N3O3. The molecule has 9 heteroatoms. The summed E-state index contributed by atoms with van der Waals surface area (Å²) in [6.07, 6.45) is -0.939. The third-order valence-corrected chi connectivity index (χ3v) is 5.43. The van der Waals surface area contributed by atoms with Crippen molar-refractivity contribution in [1.82, 2.24) is 15.3 Å². The van der Waals surface area contributed by atoms with Crippen LogP contribution in [0.4, 0.5) is 18.0 Å². The first-order chi connectivity index (χ1) is 15.2. The number of amides is 1. The zero-order chi connectivity index (χ0) is 22.9. The quantitative estimate of drug-likeness (QED) is 0.511. The highest BCUT2D eigenvalue weighted by Crippen LogP contribution is 2.37. The molecule has 1 amide bonds. The van der Waals surface area contributed by atoms with Gasteiger partial charge in [-0.3, -0.25) is 0 Å². The van der Waals surface area contributed by atoms with Crippen LogP contribution in [0.5, 0.6) is 5.75 Å². The van der Waals surface area contributed by atoms with Gasteiger partial charge in [0, 0.05) is 23.3 Å². The second-order valence-electron chi connectivity index (χ2n) is 8.30. The Labute approximate surface area is 183 Å². The summed E-state index contributed by atoms with van der Waals surface area (Å²) < 4.78 is 46.5. The molecule has 2 N–H and O–H groups in total. The van der Waals surface area contributed by atoms with Gasteiger partial charge in [0.15, 0.2) is 0 Å². The van der Waals surface area contributed by atoms with Gasteiger partial charge in [0.25, 0.3) is 0 Å². The Kier molecular flexibility index (Phi) is 5.99. The minimum atomic E-state index is -4.72. The van der Waals surface area contributed by atoms with E-state index in [4.69, 9.17) is 4.74 Å². The molecule has 0 saturated heterocycles. The lowest BCUT2D eigenvalue weighted by molar-refractivity contribution is -0.274. The number of carbonyl (C=O) groups excluding carboxylic acids is 1. The molecule has 4 rings (SSSR count). The van der Waals surface area contributed by atoms with Crippen LogP contribution in [0.25, 0.3) is 22.3 Å². The standard InChI is InChI=1S/C23H24F3N3O3/c1-13(2)28-22(30)31-19-8-5-15(10-19)17-9-16-11-20(29-21(16)27-12-17)14-3-6-18(7-4-14)32-23(24,25)26/h3-4,6-7,9,11-13,15,19H,5,8,10H2,1-2H3,(H,27,29)(H,28,30)/t15-,19+/m0/s1. The van der Waals surface area contributed by atoms with E-state index in [0.29, 0.717) is 5.65 Å². The van der Waals surface area contributed by atoms with Gasteiger partial charge in [-0.2, -0.15) is 0 Å². The molecule has 1 aliphatic rings. The molecule has 2 atom stereocenters. The number of hydrogen-bond acceptors (Lipinski definition) is 4. The van der Waals surface area contributed by atoms with E-state index >= 15 is 0 Å². The minimum absolute atomic E-state index is 0.0301. The molecule has 0 bridgehead atoms. The maximum atomic E-state index is 12.3. The Bertz CT molecular complexity index is 1090. The maximum absolute atomic E-state index is 12.3. The number of alkyl halides is 3. The van der Waals surface area contributed by atoms with Crippen molar-refractivity contribution in [2.24, 2.45) is 0 Å². The van der Waals surface area contributed by atoms with Gasteiger partial charge >= 0.3 is 12.5 Å². The van der Waals surface area contributed by atoms with Crippen LogP contribution in [0, 0.1) is 0 Å². The van der Waals surface area contributed by atoms with Gasteiger partial charge in [-0.05, 0) is 86.6 Å². The highest BCUT2D eigenvalue weighted by atomic mass is 19.4. The number of benzene rings is 1. The number of aromatic amines is 1. The highest BCUT2D eigenvalue weighted by molar-refractivity contribution is 5.83. The monoisotopic (exact) mass is 447 g/mol. The number of ether oxygens (including phenoxy) is 2. The van der Waals surface area contributed by atoms with E-state index in [1.54, 1.807) is 12.1 Å². The van der Waals surface area contributed by atoms with E-state index in [2.05, 4.69) is 26.1 Å². The SMILES string of the molecule is CC(C)NC(=O)O[C@@H]1CC[C@H](c2cnc3[nH]c(-c4ccc(OC(F)(F)F)cc4)cc3c2)C1. The summed E-state index contributed by atoms with van der Waals surface area (Å²) in [4.78, 5) is 19.6. The number of rotatable bonds is 5. The van der Waals surface area contributed by atoms with E-state index in [9.17, 15) is 18.0 Å². The van der Waals surface area contributed by atoms with E-state index < -0.39 is 6.36 Å². The van der Waals surface area contributed by atoms with E-state index in [1.165, 1.54) is 12.1 Å². The van der Waals surface area contributed by atoms with E-state index in [-0.39, 0.29) is 29.9 Å². The molecule has 2 heterocycles. The van der Waals surface area contributed by atoms with Crippen LogP contribution in [-0.4, -0.2) is 34.6 Å². The lowest BCUT2D eigenvalue weighted by atomic mass is 9.98. The first-order valence-electron chi connectivity index (χ1n) is 10.5. The number of pyridine rings is 1. The summed E-state index contributed by atoms with van der Waals surface area (Å²) in [7, 11) is 0. The minimum Gasteiger partial charge on any atom is -0.446 e. The fourth-order valence-electron chi connectivity index (χ4n) is 4.02. The van der Waals surface area contributed by atoms with Crippen molar-refractivity contribution in [1.29, 1.82) is 0 Å². The number of fused-ring (bicyclic) bond motifs is 1. The van der Waals surface area contributed by atoms with Crippen molar-refractivity contribution in [2.75, 3.05) is 0 Å². The fourth-order valence-corrected chi connectivity index (χ4v) is 4.02. The van der Waals surface area contributed by atoms with Gasteiger partial charge < -0.3 is 19.8 Å². The van der Waals surface area contributed by atoms with Crippen LogP contribution in [0.3, 0.4) is 0 Å². The number of H-pyrrole nitrogens is 1. The lowest BCUT2D eigenvalue weighted by Crippen LogP contribution is -2.33. The molecule has 0 aliphatic heterocycles. The molecular weight excluding hydrogens is 423 g/mol. The third kappa shape index (κ3) is 5.33. The summed E-state index contributed by atoms with van der Waals surface area (Å²) >= 11 is 0. The summed E-state index contributed by atoms with van der Waals surface area (Å²) in [5.74, 6) is -0.0150. The second kappa shape index (κ2) is 8.72. The Balaban J connectivity index is 1.45. The molecule has 1 fully saturated rings. The molecule has 1 aromatic carbocycles. The van der Waals surface area contributed by atoms with Crippen LogP contribution >= 0.6 is 0 Å². The van der Waals surface area contributed by atoms with Crippen molar-refractivity contribution in [3.05, 3.63) is 48.2 Å². The number of aromatic nitrogens is 2. The molecule has 32 heavy (non-hydrogen) atoms. The largest absolute Gasteiger partial charge is 0.573 e. The molecule has 0 radical (unpaired) electrons. The molecule has 170 valence electrons. The molecule has 2 aromatic heterocycles. The zero-order valence-corrected chi connectivity index (χ0v) is 17.7. The Hall–Kier alpha value is -3.23. The number of nitrogens with zero attached hydrogens (tertiary/aromatic N) is 1. The first kappa shape index (κ1) is 22.0. The molecule has 1 saturated carbocycles. The van der Waals surface area contributed by atoms with Crippen LogP contribution in [0.1, 0.15) is 44.6 Å². The Morgan fingerprint density at radius 2 is 1.94 bits per heavy atom. The van der Waals surface area contributed by atoms with Gasteiger partial charge in [-0.1, -0.05) is 0 Å². The lowest BCUT2D eigenvalue weighted by Gasteiger charge is -2.15. The van der Waals surface area contributed by atoms with E-state index in [1.807, 2.05) is 26.1 Å². The predicted molar refractivity (Wildman–Crippen MR) is 113 cm³/mol. The number of hydrogen-bond donors (Lipinski definition) is 2. The first-order valence-corrected chi connectivity index (χ1v) is 10.5. The molecule has 1 aliphatic carbocycles. The second-order valence-corrected chi connectivity index (χ2v) is 8.30. The van der Waals surface area contributed by atoms with Crippen LogP contribution in [0.2, 0.25) is 0 Å². The van der Waals surface area contributed by atoms with Gasteiger partial charge in [-0.15, -0.1) is 13.2 Å².